The van der Waals surface area contributed by atoms with Crippen molar-refractivity contribution in [1.82, 2.24) is 9.13 Å². The molecule has 340 valence electrons. The number of hydrogen-bond donors (Lipinski definition) is 0. The lowest BCUT2D eigenvalue weighted by Gasteiger charge is -2.28. The van der Waals surface area contributed by atoms with Crippen molar-refractivity contribution >= 4 is 60.7 Å². The van der Waals surface area contributed by atoms with Crippen LogP contribution < -0.4 is 4.90 Å². The van der Waals surface area contributed by atoms with E-state index in [1.54, 1.807) is 0 Å². The highest BCUT2D eigenvalue weighted by Gasteiger charge is 2.35. The fourth-order valence-corrected chi connectivity index (χ4v) is 11.8. The van der Waals surface area contributed by atoms with Crippen LogP contribution in [0.3, 0.4) is 0 Å². The normalized spacial score (nSPS) is 12.7. The highest BCUT2D eigenvalue weighted by molar-refractivity contribution is 6.13. The van der Waals surface area contributed by atoms with E-state index < -0.39 is 0 Å². The van der Waals surface area contributed by atoms with Crippen molar-refractivity contribution in [1.29, 1.82) is 0 Å². The third-order valence-electron chi connectivity index (χ3n) is 15.3. The van der Waals surface area contributed by atoms with Crippen LogP contribution in [0.2, 0.25) is 0 Å². The SMILES string of the molecule is CC1(C)c2ccccc2-c2ccc(N(c3ccccc3)c3ccc(-c4ccc(-c5ccc6c(c5)c5cc(-c7ccc8c(c7)c7ccccc7n8-c7ccccc7)ccc5n6-c5ccccc5)cc4)cc3)cc21. The van der Waals surface area contributed by atoms with Crippen molar-refractivity contribution in [3.05, 3.63) is 272 Å². The van der Waals surface area contributed by atoms with E-state index in [9.17, 15) is 0 Å². The molecule has 0 saturated carbocycles. The van der Waals surface area contributed by atoms with Gasteiger partial charge in [-0.15, -0.1) is 0 Å². The molecule has 3 heteroatoms. The molecule has 1 aliphatic rings. The first-order valence-corrected chi connectivity index (χ1v) is 25.0. The molecule has 0 saturated heterocycles. The summed E-state index contributed by atoms with van der Waals surface area (Å²) >= 11 is 0. The number of rotatable bonds is 8. The zero-order valence-corrected chi connectivity index (χ0v) is 40.2. The largest absolute Gasteiger partial charge is 0.310 e. The Morgan fingerprint density at radius 1 is 0.278 bits per heavy atom. The molecule has 0 unspecified atom stereocenters. The summed E-state index contributed by atoms with van der Waals surface area (Å²) in [7, 11) is 0. The van der Waals surface area contributed by atoms with Crippen LogP contribution in [0.5, 0.6) is 0 Å². The third kappa shape index (κ3) is 6.66. The van der Waals surface area contributed by atoms with Crippen LogP contribution in [0.25, 0.3) is 99.5 Å². The number of para-hydroxylation sites is 4. The second kappa shape index (κ2) is 16.5. The van der Waals surface area contributed by atoms with Gasteiger partial charge in [0.05, 0.1) is 22.1 Å². The summed E-state index contributed by atoms with van der Waals surface area (Å²) < 4.78 is 4.79. The lowest BCUT2D eigenvalue weighted by molar-refractivity contribution is 0.660. The van der Waals surface area contributed by atoms with Crippen LogP contribution in [0.4, 0.5) is 17.1 Å². The summed E-state index contributed by atoms with van der Waals surface area (Å²) in [6.07, 6.45) is 0. The van der Waals surface area contributed by atoms with E-state index in [1.807, 2.05) is 0 Å². The molecule has 0 atom stereocenters. The maximum atomic E-state index is 2.41. The van der Waals surface area contributed by atoms with Gasteiger partial charge in [-0.25, -0.2) is 0 Å². The first-order valence-electron chi connectivity index (χ1n) is 25.0. The quantitative estimate of drug-likeness (QED) is 0.148. The van der Waals surface area contributed by atoms with Crippen molar-refractivity contribution < 1.29 is 0 Å². The first-order chi connectivity index (χ1) is 35.5. The van der Waals surface area contributed by atoms with Crippen LogP contribution in [0, 0.1) is 0 Å². The van der Waals surface area contributed by atoms with Crippen molar-refractivity contribution in [2.75, 3.05) is 4.90 Å². The molecule has 1 aliphatic carbocycles. The Labute approximate surface area is 419 Å². The second-order valence-corrected chi connectivity index (χ2v) is 19.8. The van der Waals surface area contributed by atoms with Gasteiger partial charge in [-0.2, -0.15) is 0 Å². The molecule has 11 aromatic carbocycles. The van der Waals surface area contributed by atoms with Gasteiger partial charge >= 0.3 is 0 Å². The van der Waals surface area contributed by atoms with E-state index >= 15 is 0 Å². The third-order valence-corrected chi connectivity index (χ3v) is 15.3. The Balaban J connectivity index is 0.812. The topological polar surface area (TPSA) is 13.1 Å². The minimum Gasteiger partial charge on any atom is -0.310 e. The molecule has 14 rings (SSSR count). The highest BCUT2D eigenvalue weighted by atomic mass is 15.1. The summed E-state index contributed by atoms with van der Waals surface area (Å²) in [4.78, 5) is 2.38. The van der Waals surface area contributed by atoms with Gasteiger partial charge in [0.2, 0.25) is 0 Å². The number of nitrogens with zero attached hydrogens (tertiary/aromatic N) is 3. The molecule has 2 heterocycles. The van der Waals surface area contributed by atoms with Crippen LogP contribution in [0.15, 0.2) is 261 Å². The van der Waals surface area contributed by atoms with Gasteiger partial charge in [-0.1, -0.05) is 172 Å². The molecule has 13 aromatic rings. The summed E-state index contributed by atoms with van der Waals surface area (Å²) in [6, 6.07) is 95.8. The zero-order chi connectivity index (χ0) is 47.9. The van der Waals surface area contributed by atoms with E-state index in [1.165, 1.54) is 105 Å². The molecule has 0 bridgehead atoms. The molecule has 0 aliphatic heterocycles. The van der Waals surface area contributed by atoms with Crippen LogP contribution in [-0.2, 0) is 5.41 Å². The zero-order valence-electron chi connectivity index (χ0n) is 40.2. The average Bonchev–Trinajstić information content (AvgIpc) is 4.03. The van der Waals surface area contributed by atoms with Crippen LogP contribution in [-0.4, -0.2) is 9.13 Å². The molecule has 72 heavy (non-hydrogen) atoms. The number of anilines is 3. The fourth-order valence-electron chi connectivity index (χ4n) is 11.8. The summed E-state index contributed by atoms with van der Waals surface area (Å²) in [6.45, 7) is 4.70. The molecule has 3 nitrogen and oxygen atoms in total. The summed E-state index contributed by atoms with van der Waals surface area (Å²) in [5, 5.41) is 4.97. The van der Waals surface area contributed by atoms with Gasteiger partial charge in [-0.3, -0.25) is 0 Å². The van der Waals surface area contributed by atoms with E-state index in [-0.39, 0.29) is 5.41 Å². The number of hydrogen-bond acceptors (Lipinski definition) is 1. The minimum atomic E-state index is -0.0826. The fraction of sp³-hybridized carbons (Fsp3) is 0.0435. The van der Waals surface area contributed by atoms with Crippen molar-refractivity contribution in [3.8, 4) is 55.9 Å². The van der Waals surface area contributed by atoms with E-state index in [2.05, 4.69) is 289 Å². The molecule has 0 N–H and O–H groups in total. The lowest BCUT2D eigenvalue weighted by atomic mass is 9.82. The van der Waals surface area contributed by atoms with Gasteiger partial charge in [-0.05, 0) is 159 Å². The molecule has 0 amide bonds. The van der Waals surface area contributed by atoms with Gasteiger partial charge in [0.1, 0.15) is 0 Å². The van der Waals surface area contributed by atoms with Crippen LogP contribution >= 0.6 is 0 Å². The van der Waals surface area contributed by atoms with Crippen molar-refractivity contribution in [3.63, 3.8) is 0 Å². The van der Waals surface area contributed by atoms with Gasteiger partial charge in [0.25, 0.3) is 0 Å². The molecule has 2 aromatic heterocycles. The van der Waals surface area contributed by atoms with E-state index in [0.717, 1.165) is 22.7 Å². The van der Waals surface area contributed by atoms with Gasteiger partial charge in [0, 0.05) is 55.4 Å². The minimum absolute atomic E-state index is 0.0826. The van der Waals surface area contributed by atoms with Crippen LogP contribution in [0.1, 0.15) is 25.0 Å². The van der Waals surface area contributed by atoms with E-state index in [4.69, 9.17) is 0 Å². The van der Waals surface area contributed by atoms with Crippen molar-refractivity contribution in [2.45, 2.75) is 19.3 Å². The maximum absolute atomic E-state index is 2.41. The lowest BCUT2D eigenvalue weighted by Crippen LogP contribution is -2.16. The number of aromatic nitrogens is 2. The Hall–Kier alpha value is -9.18. The molecular formula is C69H49N3. The second-order valence-electron chi connectivity index (χ2n) is 19.8. The predicted octanol–water partition coefficient (Wildman–Crippen LogP) is 18.7. The highest BCUT2D eigenvalue weighted by Crippen LogP contribution is 2.51. The van der Waals surface area contributed by atoms with Crippen molar-refractivity contribution in [2.24, 2.45) is 0 Å². The Bertz CT molecular complexity index is 4200. The predicted molar refractivity (Wildman–Crippen MR) is 304 cm³/mol. The number of fused-ring (bicyclic) bond motifs is 9. The van der Waals surface area contributed by atoms with Gasteiger partial charge in [0.15, 0.2) is 0 Å². The standard InChI is InChI=1S/C69H49N3/c1-69(2)63-24-14-12-22-57(63)58-38-37-56(45-64(58)69)70(52-16-6-3-7-17-52)55-35-30-47(31-36-55)46-26-28-48(29-27-46)49-32-39-67-61(42-49)62-44-51(34-41-68(62)72(67)54-20-10-5-11-21-54)50-33-40-66-60(43-50)59-23-13-15-25-65(59)71(66)53-18-8-4-9-19-53/h3-45H,1-2H3. The Kier molecular flexibility index (Phi) is 9.56. The smallest absolute Gasteiger partial charge is 0.0541 e. The molecule has 0 fully saturated rings. The van der Waals surface area contributed by atoms with E-state index in [0.29, 0.717) is 0 Å². The monoisotopic (exact) mass is 919 g/mol. The Morgan fingerprint density at radius 2 is 0.667 bits per heavy atom. The molecule has 0 spiro atoms. The molecular weight excluding hydrogens is 871 g/mol. The first kappa shape index (κ1) is 41.8. The average molecular weight is 920 g/mol. The van der Waals surface area contributed by atoms with Gasteiger partial charge < -0.3 is 14.0 Å². The molecule has 0 radical (unpaired) electrons. The maximum Gasteiger partial charge on any atom is 0.0541 e. The summed E-state index contributed by atoms with van der Waals surface area (Å²) in [5.41, 5.74) is 23.0. The number of benzene rings is 11. The summed E-state index contributed by atoms with van der Waals surface area (Å²) in [5.74, 6) is 0. The Morgan fingerprint density at radius 3 is 1.25 bits per heavy atom.